The van der Waals surface area contributed by atoms with Crippen LogP contribution in [0.3, 0.4) is 0 Å². The third-order valence-electron chi connectivity index (χ3n) is 3.65. The van der Waals surface area contributed by atoms with Gasteiger partial charge in [0.2, 0.25) is 0 Å². The first kappa shape index (κ1) is 14.7. The van der Waals surface area contributed by atoms with Crippen LogP contribution < -0.4 is 0 Å². The summed E-state index contributed by atoms with van der Waals surface area (Å²) in [4.78, 5) is 9.14. The second-order valence-corrected chi connectivity index (χ2v) is 5.15. The first-order valence-electron chi connectivity index (χ1n) is 6.88. The van der Waals surface area contributed by atoms with E-state index in [0.29, 0.717) is 30.8 Å². The van der Waals surface area contributed by atoms with E-state index in [2.05, 4.69) is 16.9 Å². The summed E-state index contributed by atoms with van der Waals surface area (Å²) in [6, 6.07) is 0. The van der Waals surface area contributed by atoms with E-state index in [9.17, 15) is 0 Å². The topological polar surface area (TPSA) is 44.2 Å². The van der Waals surface area contributed by atoms with Crippen molar-refractivity contribution >= 4 is 11.6 Å². The minimum absolute atomic E-state index is 0.437. The summed E-state index contributed by atoms with van der Waals surface area (Å²) in [7, 11) is 0. The van der Waals surface area contributed by atoms with Crippen molar-refractivity contribution in [3.63, 3.8) is 0 Å². The minimum Gasteiger partial charge on any atom is -0.381 e. The van der Waals surface area contributed by atoms with Gasteiger partial charge in [0, 0.05) is 43.9 Å². The van der Waals surface area contributed by atoms with Crippen LogP contribution in [0, 0.1) is 6.92 Å². The normalized spacial score (nSPS) is 18.5. The van der Waals surface area contributed by atoms with Crippen LogP contribution in [0.1, 0.15) is 43.8 Å². The van der Waals surface area contributed by atoms with Gasteiger partial charge in [0.15, 0.2) is 5.82 Å². The van der Waals surface area contributed by atoms with Gasteiger partial charge in [-0.15, -0.1) is 0 Å². The molecule has 0 N–H and O–H groups in total. The van der Waals surface area contributed by atoms with Crippen molar-refractivity contribution in [1.82, 2.24) is 9.97 Å². The largest absolute Gasteiger partial charge is 0.381 e. The summed E-state index contributed by atoms with van der Waals surface area (Å²) in [6.07, 6.45) is 2.40. The third-order valence-corrected chi connectivity index (χ3v) is 3.96. The van der Waals surface area contributed by atoms with Crippen LogP contribution in [-0.4, -0.2) is 29.8 Å². The Morgan fingerprint density at radius 2 is 1.95 bits per heavy atom. The van der Waals surface area contributed by atoms with Crippen molar-refractivity contribution in [3.05, 3.63) is 22.2 Å². The van der Waals surface area contributed by atoms with Gasteiger partial charge in [-0.25, -0.2) is 9.97 Å². The van der Waals surface area contributed by atoms with E-state index < -0.39 is 5.60 Å². The van der Waals surface area contributed by atoms with Crippen LogP contribution >= 0.6 is 11.6 Å². The molecule has 106 valence electrons. The number of halogens is 1. The minimum atomic E-state index is -0.437. The van der Waals surface area contributed by atoms with E-state index in [1.54, 1.807) is 0 Å². The molecule has 2 heterocycles. The summed E-state index contributed by atoms with van der Waals surface area (Å²) >= 11 is 6.28. The molecule has 1 aliphatic rings. The lowest BCUT2D eigenvalue weighted by Crippen LogP contribution is -2.38. The van der Waals surface area contributed by atoms with E-state index in [1.165, 1.54) is 0 Å². The zero-order valence-corrected chi connectivity index (χ0v) is 12.6. The Balaban J connectivity index is 2.42. The van der Waals surface area contributed by atoms with Crippen LogP contribution in [0.15, 0.2) is 0 Å². The first-order valence-corrected chi connectivity index (χ1v) is 7.26. The van der Waals surface area contributed by atoms with Gasteiger partial charge >= 0.3 is 0 Å². The van der Waals surface area contributed by atoms with Crippen molar-refractivity contribution in [2.45, 2.75) is 45.6 Å². The van der Waals surface area contributed by atoms with E-state index in [1.807, 2.05) is 13.8 Å². The summed E-state index contributed by atoms with van der Waals surface area (Å²) in [6.45, 7) is 8.02. The average Bonchev–Trinajstić information content (AvgIpc) is 2.40. The maximum Gasteiger partial charge on any atom is 0.162 e. The number of rotatable bonds is 4. The highest BCUT2D eigenvalue weighted by molar-refractivity contribution is 6.30. The number of aryl methyl sites for hydroxylation is 1. The van der Waals surface area contributed by atoms with Gasteiger partial charge in [-0.3, -0.25) is 0 Å². The van der Waals surface area contributed by atoms with Gasteiger partial charge in [0.1, 0.15) is 10.8 Å². The van der Waals surface area contributed by atoms with E-state index in [4.69, 9.17) is 21.1 Å². The quantitative estimate of drug-likeness (QED) is 0.797. The molecule has 1 fully saturated rings. The molecule has 0 amide bonds. The summed E-state index contributed by atoms with van der Waals surface area (Å²) in [5.41, 5.74) is 1.53. The third kappa shape index (κ3) is 2.91. The molecule has 0 aliphatic carbocycles. The molecule has 0 radical (unpaired) electrons. The Morgan fingerprint density at radius 1 is 1.26 bits per heavy atom. The van der Waals surface area contributed by atoms with Crippen molar-refractivity contribution in [1.29, 1.82) is 0 Å². The molecule has 0 atom stereocenters. The fourth-order valence-electron chi connectivity index (χ4n) is 2.58. The van der Waals surface area contributed by atoms with E-state index in [0.717, 1.165) is 30.5 Å². The van der Waals surface area contributed by atoms with Gasteiger partial charge < -0.3 is 9.47 Å². The van der Waals surface area contributed by atoms with Crippen LogP contribution in [-0.2, 0) is 21.5 Å². The van der Waals surface area contributed by atoms with Crippen LogP contribution in [0.2, 0.25) is 5.15 Å². The highest BCUT2D eigenvalue weighted by Crippen LogP contribution is 2.35. The molecule has 2 rings (SSSR count). The van der Waals surface area contributed by atoms with Crippen LogP contribution in [0.4, 0.5) is 0 Å². The molecule has 0 unspecified atom stereocenters. The fourth-order valence-corrected chi connectivity index (χ4v) is 2.93. The SMILES string of the molecule is CCOC1(c2nc(C)c(CC)c(Cl)n2)CCOCC1. The van der Waals surface area contributed by atoms with Crippen molar-refractivity contribution in [2.24, 2.45) is 0 Å². The van der Waals surface area contributed by atoms with E-state index in [-0.39, 0.29) is 0 Å². The van der Waals surface area contributed by atoms with Crippen molar-refractivity contribution in [3.8, 4) is 0 Å². The Hall–Kier alpha value is -0.710. The lowest BCUT2D eigenvalue weighted by atomic mass is 9.92. The van der Waals surface area contributed by atoms with Gasteiger partial charge in [0.25, 0.3) is 0 Å². The smallest absolute Gasteiger partial charge is 0.162 e. The number of hydrogen-bond donors (Lipinski definition) is 0. The zero-order valence-electron chi connectivity index (χ0n) is 11.8. The molecule has 4 nitrogen and oxygen atoms in total. The number of hydrogen-bond acceptors (Lipinski definition) is 4. The van der Waals surface area contributed by atoms with Crippen molar-refractivity contribution < 1.29 is 9.47 Å². The predicted molar refractivity (Wildman–Crippen MR) is 74.5 cm³/mol. The van der Waals surface area contributed by atoms with E-state index >= 15 is 0 Å². The van der Waals surface area contributed by atoms with Gasteiger partial charge in [-0.05, 0) is 20.3 Å². The summed E-state index contributed by atoms with van der Waals surface area (Å²) in [5.74, 6) is 0.706. The fraction of sp³-hybridized carbons (Fsp3) is 0.714. The lowest BCUT2D eigenvalue weighted by Gasteiger charge is -2.35. The highest BCUT2D eigenvalue weighted by Gasteiger charge is 2.38. The lowest BCUT2D eigenvalue weighted by molar-refractivity contribution is -0.117. The van der Waals surface area contributed by atoms with Gasteiger partial charge in [-0.2, -0.15) is 0 Å². The standard InChI is InChI=1S/C14H21ClN2O2/c1-4-11-10(3)16-13(17-12(11)15)14(19-5-2)6-8-18-9-7-14/h4-9H2,1-3H3. The molecule has 0 bridgehead atoms. The molecule has 5 heteroatoms. The number of ether oxygens (including phenoxy) is 2. The number of nitrogens with zero attached hydrogens (tertiary/aromatic N) is 2. The zero-order chi connectivity index (χ0) is 13.9. The molecule has 0 spiro atoms. The van der Waals surface area contributed by atoms with Crippen LogP contribution in [0.25, 0.3) is 0 Å². The molecule has 19 heavy (non-hydrogen) atoms. The maximum absolute atomic E-state index is 6.28. The molecule has 1 aromatic rings. The molecule has 0 aromatic carbocycles. The number of aromatic nitrogens is 2. The van der Waals surface area contributed by atoms with Crippen LogP contribution in [0.5, 0.6) is 0 Å². The second-order valence-electron chi connectivity index (χ2n) is 4.80. The Labute approximate surface area is 119 Å². The average molecular weight is 285 g/mol. The second kappa shape index (κ2) is 6.16. The molecule has 1 aromatic heterocycles. The highest BCUT2D eigenvalue weighted by atomic mass is 35.5. The summed E-state index contributed by atoms with van der Waals surface area (Å²) < 4.78 is 11.4. The maximum atomic E-state index is 6.28. The molecular formula is C14H21ClN2O2. The first-order chi connectivity index (χ1) is 9.13. The molecule has 1 saturated heterocycles. The molecule has 0 saturated carbocycles. The summed E-state index contributed by atoms with van der Waals surface area (Å²) in [5, 5.41) is 0.551. The Morgan fingerprint density at radius 3 is 2.47 bits per heavy atom. The Kier molecular flexibility index (Phi) is 4.76. The Bertz CT molecular complexity index is 417. The molecular weight excluding hydrogens is 264 g/mol. The van der Waals surface area contributed by atoms with Gasteiger partial charge in [-0.1, -0.05) is 18.5 Å². The van der Waals surface area contributed by atoms with Gasteiger partial charge in [0.05, 0.1) is 0 Å². The predicted octanol–water partition coefficient (Wildman–Crippen LogP) is 3.04. The molecule has 1 aliphatic heterocycles. The monoisotopic (exact) mass is 284 g/mol. The van der Waals surface area contributed by atoms with Crippen molar-refractivity contribution in [2.75, 3.05) is 19.8 Å².